The van der Waals surface area contributed by atoms with Crippen LogP contribution in [0, 0.1) is 13.8 Å². The van der Waals surface area contributed by atoms with Crippen LogP contribution in [0.25, 0.3) is 0 Å². The van der Waals surface area contributed by atoms with Crippen LogP contribution in [0.4, 0.5) is 0 Å². The lowest BCUT2D eigenvalue weighted by atomic mass is 10.2. The first-order valence-corrected chi connectivity index (χ1v) is 7.03. The van der Waals surface area contributed by atoms with Gasteiger partial charge in [0.05, 0.1) is 4.90 Å². The molecule has 1 heterocycles. The highest BCUT2D eigenvalue weighted by Crippen LogP contribution is 2.09. The Balaban J connectivity index is 2.30. The fourth-order valence-electron chi connectivity index (χ4n) is 1.56. The van der Waals surface area contributed by atoms with Crippen molar-refractivity contribution in [3.8, 4) is 0 Å². The Morgan fingerprint density at radius 3 is 2.28 bits per heavy atom. The Morgan fingerprint density at radius 2 is 1.67 bits per heavy atom. The highest BCUT2D eigenvalue weighted by molar-refractivity contribution is 7.92. The monoisotopic (exact) mass is 263 g/mol. The molecule has 0 aliphatic rings. The smallest absolute Gasteiger partial charge is 0.197 e. The van der Waals surface area contributed by atoms with E-state index in [1.54, 1.807) is 42.7 Å². The van der Waals surface area contributed by atoms with Crippen LogP contribution in [-0.2, 0) is 10.0 Å². The summed E-state index contributed by atoms with van der Waals surface area (Å²) in [6.45, 7) is 3.82. The Hall–Kier alpha value is -1.88. The number of pyridine rings is 1. The molecule has 0 bridgehead atoms. The summed E-state index contributed by atoms with van der Waals surface area (Å²) < 4.78 is 25.6. The highest BCUT2D eigenvalue weighted by Gasteiger charge is 2.17. The van der Waals surface area contributed by atoms with Gasteiger partial charge in [-0.25, -0.2) is 0 Å². The van der Waals surface area contributed by atoms with Crippen LogP contribution in [-0.4, -0.2) is 8.42 Å². The van der Waals surface area contributed by atoms with Crippen LogP contribution in [0.15, 0.2) is 53.7 Å². The Morgan fingerprint density at radius 1 is 1.00 bits per heavy atom. The van der Waals surface area contributed by atoms with Crippen LogP contribution in [0.5, 0.6) is 0 Å². The molecular formula is C13H15N2O2S+. The normalized spacial score (nSPS) is 11.2. The fourth-order valence-corrected chi connectivity index (χ4v) is 2.55. The van der Waals surface area contributed by atoms with Crippen molar-refractivity contribution in [1.29, 1.82) is 0 Å². The average Bonchev–Trinajstić information content (AvgIpc) is 2.29. The van der Waals surface area contributed by atoms with E-state index in [0.29, 0.717) is 0 Å². The van der Waals surface area contributed by atoms with Gasteiger partial charge in [0.25, 0.3) is 0 Å². The Bertz CT molecular complexity index is 649. The van der Waals surface area contributed by atoms with Crippen molar-refractivity contribution in [2.24, 2.45) is 0 Å². The third kappa shape index (κ3) is 2.87. The summed E-state index contributed by atoms with van der Waals surface area (Å²) >= 11 is 0. The third-order valence-corrected chi connectivity index (χ3v) is 3.85. The second kappa shape index (κ2) is 4.78. The molecule has 0 fully saturated rings. The molecule has 5 heteroatoms. The summed E-state index contributed by atoms with van der Waals surface area (Å²) in [7, 11) is -3.53. The first-order chi connectivity index (χ1) is 8.47. The average molecular weight is 263 g/mol. The number of aromatic nitrogens is 1. The molecule has 1 aromatic carbocycles. The van der Waals surface area contributed by atoms with Crippen molar-refractivity contribution in [2.75, 3.05) is 4.83 Å². The number of rotatable bonds is 3. The minimum Gasteiger partial charge on any atom is -0.197 e. The molecule has 0 aliphatic carbocycles. The largest absolute Gasteiger partial charge is 0.306 e. The van der Waals surface area contributed by atoms with E-state index in [1.807, 2.05) is 19.9 Å². The summed E-state index contributed by atoms with van der Waals surface area (Å²) in [6.07, 6.45) is 3.37. The van der Waals surface area contributed by atoms with Gasteiger partial charge in [0.1, 0.15) is 0 Å². The maximum absolute atomic E-state index is 12.1. The van der Waals surface area contributed by atoms with E-state index < -0.39 is 10.0 Å². The van der Waals surface area contributed by atoms with Crippen molar-refractivity contribution in [2.45, 2.75) is 18.7 Å². The number of nitrogens with one attached hydrogen (secondary N) is 1. The molecule has 0 unspecified atom stereocenters. The van der Waals surface area contributed by atoms with Crippen LogP contribution in [0.2, 0.25) is 0 Å². The van der Waals surface area contributed by atoms with E-state index >= 15 is 0 Å². The molecule has 4 nitrogen and oxygen atoms in total. The standard InChI is InChI=1S/C13H15N2O2S/c1-11-5-7-13(8-6-11)18(16,17)14-15-9-3-4-12(2)10-15/h3-10,14H,1-2H3/q+1. The molecule has 0 radical (unpaired) electrons. The second-order valence-corrected chi connectivity index (χ2v) is 5.86. The zero-order valence-electron chi connectivity index (χ0n) is 10.3. The zero-order chi connectivity index (χ0) is 13.2. The molecule has 1 N–H and O–H groups in total. The van der Waals surface area contributed by atoms with E-state index in [9.17, 15) is 8.42 Å². The molecule has 0 saturated carbocycles. The number of sulfonamides is 1. The van der Waals surface area contributed by atoms with E-state index in [2.05, 4.69) is 4.83 Å². The van der Waals surface area contributed by atoms with Gasteiger partial charge in [0, 0.05) is 11.6 Å². The fraction of sp³-hybridized carbons (Fsp3) is 0.154. The lowest BCUT2D eigenvalue weighted by Crippen LogP contribution is -2.47. The summed E-state index contributed by atoms with van der Waals surface area (Å²) in [4.78, 5) is 2.74. The number of aryl methyl sites for hydroxylation is 2. The minimum atomic E-state index is -3.53. The highest BCUT2D eigenvalue weighted by atomic mass is 32.2. The van der Waals surface area contributed by atoms with E-state index in [1.165, 1.54) is 4.68 Å². The van der Waals surface area contributed by atoms with Crippen molar-refractivity contribution >= 4 is 10.0 Å². The van der Waals surface area contributed by atoms with Crippen molar-refractivity contribution in [1.82, 2.24) is 0 Å². The zero-order valence-corrected chi connectivity index (χ0v) is 11.1. The van der Waals surface area contributed by atoms with Gasteiger partial charge in [-0.3, -0.25) is 0 Å². The molecule has 0 atom stereocenters. The Labute approximate surface area is 107 Å². The lowest BCUT2D eigenvalue weighted by molar-refractivity contribution is -0.637. The van der Waals surface area contributed by atoms with Crippen LogP contribution >= 0.6 is 0 Å². The predicted octanol–water partition coefficient (Wildman–Crippen LogP) is 1.52. The molecule has 0 amide bonds. The number of benzene rings is 1. The first-order valence-electron chi connectivity index (χ1n) is 5.55. The van der Waals surface area contributed by atoms with Crippen LogP contribution in [0.3, 0.4) is 0 Å². The van der Waals surface area contributed by atoms with Crippen LogP contribution < -0.4 is 9.51 Å². The van der Waals surface area contributed by atoms with Gasteiger partial charge < -0.3 is 0 Å². The number of hydrogen-bond donors (Lipinski definition) is 1. The van der Waals surface area contributed by atoms with Gasteiger partial charge >= 0.3 is 10.0 Å². The van der Waals surface area contributed by atoms with Crippen molar-refractivity contribution in [3.05, 3.63) is 59.9 Å². The van der Waals surface area contributed by atoms with Crippen LogP contribution in [0.1, 0.15) is 11.1 Å². The predicted molar refractivity (Wildman–Crippen MR) is 69.1 cm³/mol. The molecule has 2 aromatic rings. The Kier molecular flexibility index (Phi) is 3.34. The molecule has 1 aromatic heterocycles. The SMILES string of the molecule is Cc1ccc(S(=O)(=O)N[n+]2cccc(C)c2)cc1. The molecule has 0 aliphatic heterocycles. The van der Waals surface area contributed by atoms with E-state index in [0.717, 1.165) is 11.1 Å². The third-order valence-electron chi connectivity index (χ3n) is 2.51. The van der Waals surface area contributed by atoms with Crippen molar-refractivity contribution in [3.63, 3.8) is 0 Å². The summed E-state index contributed by atoms with van der Waals surface area (Å²) in [6, 6.07) is 10.4. The second-order valence-electron chi connectivity index (χ2n) is 4.20. The lowest BCUT2D eigenvalue weighted by Gasteiger charge is -2.03. The van der Waals surface area contributed by atoms with Crippen molar-refractivity contribution < 1.29 is 13.1 Å². The molecule has 2 rings (SSSR count). The topological polar surface area (TPSA) is 50.1 Å². The first kappa shape index (κ1) is 12.6. The number of hydrogen-bond acceptors (Lipinski definition) is 2. The van der Waals surface area contributed by atoms with Gasteiger partial charge in [0.15, 0.2) is 0 Å². The molecule has 0 saturated heterocycles. The van der Waals surface area contributed by atoms with Gasteiger partial charge in [0.2, 0.25) is 12.4 Å². The van der Waals surface area contributed by atoms with Gasteiger partial charge in [-0.05, 0) is 32.0 Å². The minimum absolute atomic E-state index is 0.252. The summed E-state index contributed by atoms with van der Waals surface area (Å²) in [5, 5.41) is 0. The molecule has 94 valence electrons. The van der Waals surface area contributed by atoms with Gasteiger partial charge in [-0.2, -0.15) is 8.42 Å². The quantitative estimate of drug-likeness (QED) is 0.854. The summed E-state index contributed by atoms with van der Waals surface area (Å²) in [5.74, 6) is 0. The molecule has 0 spiro atoms. The maximum Gasteiger partial charge on any atom is 0.306 e. The van der Waals surface area contributed by atoms with E-state index in [4.69, 9.17) is 0 Å². The van der Waals surface area contributed by atoms with Gasteiger partial charge in [-0.15, -0.1) is 0 Å². The summed E-state index contributed by atoms with van der Waals surface area (Å²) in [5.41, 5.74) is 2.00. The van der Waals surface area contributed by atoms with Gasteiger partial charge in [-0.1, -0.05) is 27.2 Å². The molecular weight excluding hydrogens is 248 g/mol. The molecule has 18 heavy (non-hydrogen) atoms. The maximum atomic E-state index is 12.1. The van der Waals surface area contributed by atoms with E-state index in [-0.39, 0.29) is 4.90 Å². The number of nitrogens with zero attached hydrogens (tertiary/aromatic N) is 1.